The van der Waals surface area contributed by atoms with Gasteiger partial charge < -0.3 is 10.2 Å². The quantitative estimate of drug-likeness (QED) is 0.559. The van der Waals surface area contributed by atoms with E-state index in [9.17, 15) is 4.79 Å². The van der Waals surface area contributed by atoms with Crippen molar-refractivity contribution < 1.29 is 4.79 Å². The van der Waals surface area contributed by atoms with Crippen LogP contribution >= 0.6 is 23.2 Å². The number of fused-ring (bicyclic) bond motifs is 1. The Bertz CT molecular complexity index is 1010. The zero-order chi connectivity index (χ0) is 18.8. The van der Waals surface area contributed by atoms with Gasteiger partial charge in [0.05, 0.1) is 11.9 Å². The summed E-state index contributed by atoms with van der Waals surface area (Å²) in [6.07, 6.45) is 4.24. The van der Waals surface area contributed by atoms with Gasteiger partial charge in [-0.3, -0.25) is 9.78 Å². The van der Waals surface area contributed by atoms with Gasteiger partial charge in [0.15, 0.2) is 0 Å². The van der Waals surface area contributed by atoms with Crippen LogP contribution in [0.2, 0.25) is 10.0 Å². The molecule has 0 radical (unpaired) electrons. The first kappa shape index (κ1) is 17.8. The van der Waals surface area contributed by atoms with Crippen molar-refractivity contribution >= 4 is 40.5 Å². The number of rotatable bonds is 4. The number of pyridine rings is 1. The Morgan fingerprint density at radius 3 is 2.74 bits per heavy atom. The van der Waals surface area contributed by atoms with Crippen LogP contribution in [-0.4, -0.2) is 17.4 Å². The zero-order valence-corrected chi connectivity index (χ0v) is 15.9. The second kappa shape index (κ2) is 7.59. The summed E-state index contributed by atoms with van der Waals surface area (Å²) >= 11 is 12.0. The summed E-state index contributed by atoms with van der Waals surface area (Å²) < 4.78 is 0. The van der Waals surface area contributed by atoms with E-state index in [4.69, 9.17) is 23.2 Å². The van der Waals surface area contributed by atoms with Crippen LogP contribution < -0.4 is 4.90 Å². The van der Waals surface area contributed by atoms with Crippen LogP contribution in [0.15, 0.2) is 60.9 Å². The van der Waals surface area contributed by atoms with Crippen LogP contribution in [0.1, 0.15) is 21.5 Å². The zero-order valence-electron chi connectivity index (χ0n) is 14.4. The molecular formula is C21H16Cl2N3O-. The highest BCUT2D eigenvalue weighted by atomic mass is 35.5. The number of halogens is 2. The number of hydrogen-bond donors (Lipinski definition) is 0. The van der Waals surface area contributed by atoms with Crippen molar-refractivity contribution in [1.29, 1.82) is 0 Å². The molecule has 0 saturated heterocycles. The van der Waals surface area contributed by atoms with E-state index in [2.05, 4.69) is 10.3 Å². The topological polar surface area (TPSA) is 47.3 Å². The van der Waals surface area contributed by atoms with Gasteiger partial charge in [0.25, 0.3) is 5.91 Å². The molecule has 2 aromatic carbocycles. The Morgan fingerprint density at radius 1 is 1.04 bits per heavy atom. The molecule has 0 N–H and O–H groups in total. The van der Waals surface area contributed by atoms with Crippen LogP contribution in [0, 0.1) is 0 Å². The van der Waals surface area contributed by atoms with Crippen LogP contribution in [-0.2, 0) is 13.0 Å². The van der Waals surface area contributed by atoms with Crippen molar-refractivity contribution in [3.8, 4) is 0 Å². The lowest BCUT2D eigenvalue weighted by Crippen LogP contribution is -2.37. The predicted octanol–water partition coefficient (Wildman–Crippen LogP) is 5.80. The highest BCUT2D eigenvalue weighted by molar-refractivity contribution is 6.31. The van der Waals surface area contributed by atoms with E-state index in [1.54, 1.807) is 29.4 Å². The summed E-state index contributed by atoms with van der Waals surface area (Å²) in [6, 6.07) is 14.8. The fraction of sp³-hybridized carbons (Fsp3) is 0.143. The SMILES string of the molecule is O=C1c2ccc(Cl)cc2CCN1c1cncc(C[N-]c2cccc(Cl)c2)c1. The van der Waals surface area contributed by atoms with Gasteiger partial charge in [-0.15, -0.1) is 12.2 Å². The van der Waals surface area contributed by atoms with Crippen LogP contribution in [0.5, 0.6) is 0 Å². The van der Waals surface area contributed by atoms with Gasteiger partial charge in [-0.25, -0.2) is 0 Å². The molecule has 2 heterocycles. The predicted molar refractivity (Wildman–Crippen MR) is 109 cm³/mol. The summed E-state index contributed by atoms with van der Waals surface area (Å²) in [5, 5.41) is 5.85. The van der Waals surface area contributed by atoms with Gasteiger partial charge in [0, 0.05) is 28.4 Å². The first-order valence-electron chi connectivity index (χ1n) is 8.57. The standard InChI is InChI=1S/C21H16Cl2N3O/c22-16-2-1-3-18(10-16)25-12-14-8-19(13-24-11-14)26-7-6-15-9-17(23)4-5-20(15)21(26)27/h1-5,8-11,13H,6-7,12H2/q-1. The van der Waals surface area contributed by atoms with Crippen LogP contribution in [0.3, 0.4) is 0 Å². The van der Waals surface area contributed by atoms with E-state index in [0.29, 0.717) is 28.7 Å². The van der Waals surface area contributed by atoms with Gasteiger partial charge in [-0.05, 0) is 47.9 Å². The van der Waals surface area contributed by atoms with Crippen molar-refractivity contribution in [1.82, 2.24) is 4.98 Å². The molecule has 0 fully saturated rings. The highest BCUT2D eigenvalue weighted by Gasteiger charge is 2.25. The summed E-state index contributed by atoms with van der Waals surface area (Å²) in [7, 11) is 0. The van der Waals surface area contributed by atoms with Crippen molar-refractivity contribution in [3.63, 3.8) is 0 Å². The molecule has 4 nitrogen and oxygen atoms in total. The normalized spacial score (nSPS) is 13.4. The molecule has 0 unspecified atom stereocenters. The molecule has 27 heavy (non-hydrogen) atoms. The molecule has 136 valence electrons. The lowest BCUT2D eigenvalue weighted by molar-refractivity contribution is 0.0980. The molecule has 1 aliphatic rings. The van der Waals surface area contributed by atoms with Gasteiger partial charge in [0.2, 0.25) is 0 Å². The maximum absolute atomic E-state index is 12.9. The van der Waals surface area contributed by atoms with E-state index in [-0.39, 0.29) is 5.91 Å². The second-order valence-corrected chi connectivity index (χ2v) is 7.23. The number of carbonyl (C=O) groups is 1. The van der Waals surface area contributed by atoms with E-state index in [0.717, 1.165) is 28.9 Å². The Labute approximate surface area is 167 Å². The Balaban J connectivity index is 1.52. The number of anilines is 1. The van der Waals surface area contributed by atoms with Crippen molar-refractivity contribution in [3.05, 3.63) is 93.0 Å². The van der Waals surface area contributed by atoms with Gasteiger partial charge in [-0.1, -0.05) is 41.4 Å². The van der Waals surface area contributed by atoms with Crippen molar-refractivity contribution in [2.24, 2.45) is 0 Å². The minimum atomic E-state index is -0.0290. The molecule has 3 aromatic rings. The number of carbonyl (C=O) groups excluding carboxylic acids is 1. The maximum Gasteiger partial charge on any atom is 0.258 e. The molecule has 1 aliphatic heterocycles. The molecule has 1 aromatic heterocycles. The van der Waals surface area contributed by atoms with E-state index in [1.807, 2.05) is 36.4 Å². The molecule has 1 amide bonds. The second-order valence-electron chi connectivity index (χ2n) is 6.36. The summed E-state index contributed by atoms with van der Waals surface area (Å²) in [5.41, 5.74) is 4.21. The third-order valence-electron chi connectivity index (χ3n) is 4.49. The van der Waals surface area contributed by atoms with E-state index < -0.39 is 0 Å². The average molecular weight is 397 g/mol. The van der Waals surface area contributed by atoms with Crippen LogP contribution in [0.4, 0.5) is 11.4 Å². The monoisotopic (exact) mass is 396 g/mol. The first-order valence-corrected chi connectivity index (χ1v) is 9.33. The Morgan fingerprint density at radius 2 is 1.89 bits per heavy atom. The van der Waals surface area contributed by atoms with Crippen LogP contribution in [0.25, 0.3) is 5.32 Å². The van der Waals surface area contributed by atoms with E-state index in [1.165, 1.54) is 0 Å². The molecule has 6 heteroatoms. The molecule has 4 rings (SSSR count). The first-order chi connectivity index (χ1) is 13.1. The third kappa shape index (κ3) is 3.92. The Hall–Kier alpha value is -2.56. The highest BCUT2D eigenvalue weighted by Crippen LogP contribution is 2.28. The summed E-state index contributed by atoms with van der Waals surface area (Å²) in [6.45, 7) is 1.07. The smallest absolute Gasteiger partial charge is 0.258 e. The molecule has 0 aliphatic carbocycles. The van der Waals surface area contributed by atoms with E-state index >= 15 is 0 Å². The lowest BCUT2D eigenvalue weighted by Gasteiger charge is -2.29. The largest absolute Gasteiger partial charge is 0.681 e. The number of nitrogens with zero attached hydrogens (tertiary/aromatic N) is 3. The molecule has 0 bridgehead atoms. The molecular weight excluding hydrogens is 381 g/mol. The number of hydrogen-bond acceptors (Lipinski definition) is 2. The molecule has 0 atom stereocenters. The van der Waals surface area contributed by atoms with Crippen molar-refractivity contribution in [2.75, 3.05) is 11.4 Å². The third-order valence-corrected chi connectivity index (χ3v) is 4.96. The maximum atomic E-state index is 12.9. The number of aromatic nitrogens is 1. The summed E-state index contributed by atoms with van der Waals surface area (Å²) in [4.78, 5) is 18.9. The Kier molecular flexibility index (Phi) is 5.01. The van der Waals surface area contributed by atoms with Gasteiger partial charge >= 0.3 is 0 Å². The van der Waals surface area contributed by atoms with Gasteiger partial charge in [0.1, 0.15) is 0 Å². The average Bonchev–Trinajstić information content (AvgIpc) is 2.67. The number of amides is 1. The number of benzene rings is 2. The fourth-order valence-electron chi connectivity index (χ4n) is 3.17. The lowest BCUT2D eigenvalue weighted by atomic mass is 9.98. The molecule has 0 saturated carbocycles. The fourth-order valence-corrected chi connectivity index (χ4v) is 3.55. The minimum Gasteiger partial charge on any atom is -0.681 e. The van der Waals surface area contributed by atoms with Crippen molar-refractivity contribution in [2.45, 2.75) is 13.0 Å². The minimum absolute atomic E-state index is 0.0290. The summed E-state index contributed by atoms with van der Waals surface area (Å²) in [5.74, 6) is -0.0290. The van der Waals surface area contributed by atoms with Gasteiger partial charge in [-0.2, -0.15) is 0 Å². The molecule has 0 spiro atoms.